The third-order valence-corrected chi connectivity index (χ3v) is 3.71. The molecule has 0 spiro atoms. The van der Waals surface area contributed by atoms with Crippen LogP contribution in [-0.2, 0) is 4.79 Å². The number of amides is 1. The van der Waals surface area contributed by atoms with Gasteiger partial charge in [-0.05, 0) is 35.9 Å². The number of hydrogen-bond acceptors (Lipinski definition) is 3. The number of rotatable bonds is 1. The Hall–Kier alpha value is -2.58. The molecular weight excluding hydrogens is 305 g/mol. The molecule has 2 aromatic carbocycles. The van der Waals surface area contributed by atoms with Gasteiger partial charge in [0.2, 0.25) is 5.91 Å². The fourth-order valence-electron chi connectivity index (χ4n) is 2.50. The van der Waals surface area contributed by atoms with Gasteiger partial charge in [-0.2, -0.15) is 5.26 Å². The van der Waals surface area contributed by atoms with Crippen molar-refractivity contribution < 1.29 is 9.18 Å². The SMILES string of the molecule is CN1CC(=O)Nc2cc(-c3cc(Cl)cc(C#N)c3)c(F)cc21. The van der Waals surface area contributed by atoms with Crippen molar-refractivity contribution in [2.75, 3.05) is 23.8 Å². The lowest BCUT2D eigenvalue weighted by molar-refractivity contribution is -0.115. The van der Waals surface area contributed by atoms with E-state index >= 15 is 0 Å². The van der Waals surface area contributed by atoms with Crippen molar-refractivity contribution in [3.8, 4) is 17.2 Å². The number of nitrogens with zero attached hydrogens (tertiary/aromatic N) is 2. The summed E-state index contributed by atoms with van der Waals surface area (Å²) < 4.78 is 14.4. The number of hydrogen-bond donors (Lipinski definition) is 1. The number of nitriles is 1. The summed E-state index contributed by atoms with van der Waals surface area (Å²) >= 11 is 5.97. The standard InChI is InChI=1S/C16H11ClFN3O/c1-21-8-16(22)20-14-5-12(13(18)6-15(14)21)10-2-9(7-19)3-11(17)4-10/h2-6H,8H2,1H3,(H,20,22). The Kier molecular flexibility index (Phi) is 3.47. The third-order valence-electron chi connectivity index (χ3n) is 3.49. The van der Waals surface area contributed by atoms with Crippen molar-refractivity contribution in [2.45, 2.75) is 0 Å². The van der Waals surface area contributed by atoms with E-state index in [2.05, 4.69) is 5.32 Å². The van der Waals surface area contributed by atoms with Crippen molar-refractivity contribution in [2.24, 2.45) is 0 Å². The van der Waals surface area contributed by atoms with Crippen LogP contribution in [0.1, 0.15) is 5.56 Å². The average Bonchev–Trinajstić information content (AvgIpc) is 2.46. The Balaban J connectivity index is 2.17. The molecule has 110 valence electrons. The van der Waals surface area contributed by atoms with Crippen molar-refractivity contribution in [1.29, 1.82) is 5.26 Å². The number of carbonyl (C=O) groups excluding carboxylic acids is 1. The van der Waals surface area contributed by atoms with E-state index in [1.807, 2.05) is 6.07 Å². The van der Waals surface area contributed by atoms with Crippen LogP contribution in [0, 0.1) is 17.1 Å². The number of carbonyl (C=O) groups is 1. The predicted molar refractivity (Wildman–Crippen MR) is 83.5 cm³/mol. The van der Waals surface area contributed by atoms with E-state index in [-0.39, 0.29) is 18.0 Å². The monoisotopic (exact) mass is 315 g/mol. The second-order valence-corrected chi connectivity index (χ2v) is 5.53. The average molecular weight is 316 g/mol. The number of likely N-dealkylation sites (N-methyl/N-ethyl adjacent to an activating group) is 1. The van der Waals surface area contributed by atoms with Crippen LogP contribution in [-0.4, -0.2) is 19.5 Å². The molecule has 0 radical (unpaired) electrons. The second-order valence-electron chi connectivity index (χ2n) is 5.09. The topological polar surface area (TPSA) is 56.1 Å². The van der Waals surface area contributed by atoms with Gasteiger partial charge in [0.25, 0.3) is 0 Å². The van der Waals surface area contributed by atoms with Gasteiger partial charge in [-0.3, -0.25) is 4.79 Å². The lowest BCUT2D eigenvalue weighted by atomic mass is 10.0. The summed E-state index contributed by atoms with van der Waals surface area (Å²) in [6.07, 6.45) is 0. The number of benzene rings is 2. The van der Waals surface area contributed by atoms with Gasteiger partial charge in [0.05, 0.1) is 29.6 Å². The Bertz CT molecular complexity index is 829. The molecule has 0 unspecified atom stereocenters. The number of fused-ring (bicyclic) bond motifs is 1. The summed E-state index contributed by atoms with van der Waals surface area (Å²) in [4.78, 5) is 13.3. The summed E-state index contributed by atoms with van der Waals surface area (Å²) in [5.74, 6) is -0.593. The minimum absolute atomic E-state index is 0.156. The van der Waals surface area contributed by atoms with Crippen molar-refractivity contribution >= 4 is 28.9 Å². The largest absolute Gasteiger partial charge is 0.364 e. The van der Waals surface area contributed by atoms with E-state index < -0.39 is 5.82 Å². The zero-order valence-electron chi connectivity index (χ0n) is 11.7. The molecule has 1 aliphatic rings. The van der Waals surface area contributed by atoms with E-state index in [0.717, 1.165) is 0 Å². The Morgan fingerprint density at radius 1 is 1.32 bits per heavy atom. The summed E-state index contributed by atoms with van der Waals surface area (Å²) in [5, 5.41) is 12.1. The highest BCUT2D eigenvalue weighted by Gasteiger charge is 2.22. The molecule has 22 heavy (non-hydrogen) atoms. The second kappa shape index (κ2) is 5.32. The molecule has 0 aromatic heterocycles. The van der Waals surface area contributed by atoms with Gasteiger partial charge >= 0.3 is 0 Å². The normalized spacial score (nSPS) is 13.4. The maximum Gasteiger partial charge on any atom is 0.243 e. The van der Waals surface area contributed by atoms with Gasteiger partial charge in [0.15, 0.2) is 0 Å². The minimum atomic E-state index is -0.437. The molecule has 1 N–H and O–H groups in total. The van der Waals surface area contributed by atoms with Gasteiger partial charge in [-0.25, -0.2) is 4.39 Å². The number of nitrogens with one attached hydrogen (secondary N) is 1. The smallest absolute Gasteiger partial charge is 0.243 e. The molecule has 1 amide bonds. The van der Waals surface area contributed by atoms with Crippen LogP contribution in [0.2, 0.25) is 5.02 Å². The number of halogens is 2. The summed E-state index contributed by atoms with van der Waals surface area (Å²) in [7, 11) is 1.73. The van der Waals surface area contributed by atoms with Crippen LogP contribution < -0.4 is 10.2 Å². The molecule has 1 heterocycles. The summed E-state index contributed by atoms with van der Waals surface area (Å²) in [6.45, 7) is 0.182. The highest BCUT2D eigenvalue weighted by atomic mass is 35.5. The van der Waals surface area contributed by atoms with Crippen LogP contribution in [0.3, 0.4) is 0 Å². The molecule has 2 aromatic rings. The van der Waals surface area contributed by atoms with E-state index in [0.29, 0.717) is 27.5 Å². The fourth-order valence-corrected chi connectivity index (χ4v) is 2.74. The maximum absolute atomic E-state index is 14.4. The lowest BCUT2D eigenvalue weighted by Crippen LogP contribution is -2.35. The molecule has 1 aliphatic heterocycles. The van der Waals surface area contributed by atoms with Crippen LogP contribution in [0.5, 0.6) is 0 Å². The van der Waals surface area contributed by atoms with Crippen LogP contribution >= 0.6 is 11.6 Å². The Morgan fingerprint density at radius 2 is 2.09 bits per heavy atom. The predicted octanol–water partition coefficient (Wildman–Crippen LogP) is 3.41. The Morgan fingerprint density at radius 3 is 2.82 bits per heavy atom. The van der Waals surface area contributed by atoms with Gasteiger partial charge < -0.3 is 10.2 Å². The first kappa shape index (κ1) is 14.4. The highest BCUT2D eigenvalue weighted by molar-refractivity contribution is 6.31. The molecule has 0 bridgehead atoms. The molecule has 0 aliphatic carbocycles. The molecule has 0 saturated carbocycles. The maximum atomic E-state index is 14.4. The third kappa shape index (κ3) is 2.49. The van der Waals surface area contributed by atoms with Crippen molar-refractivity contribution in [1.82, 2.24) is 0 Å². The minimum Gasteiger partial charge on any atom is -0.364 e. The van der Waals surface area contributed by atoms with E-state index in [4.69, 9.17) is 16.9 Å². The fraction of sp³-hybridized carbons (Fsp3) is 0.125. The lowest BCUT2D eigenvalue weighted by Gasteiger charge is -2.28. The number of anilines is 2. The molecule has 0 atom stereocenters. The highest BCUT2D eigenvalue weighted by Crippen LogP contribution is 2.36. The van der Waals surface area contributed by atoms with E-state index in [1.54, 1.807) is 30.1 Å². The molecule has 3 rings (SSSR count). The van der Waals surface area contributed by atoms with E-state index in [1.165, 1.54) is 12.1 Å². The van der Waals surface area contributed by atoms with Crippen LogP contribution in [0.4, 0.5) is 15.8 Å². The molecule has 6 heteroatoms. The first-order chi connectivity index (χ1) is 10.5. The molecule has 0 fully saturated rings. The van der Waals surface area contributed by atoms with Gasteiger partial charge in [-0.1, -0.05) is 11.6 Å². The first-order valence-electron chi connectivity index (χ1n) is 6.53. The molecule has 4 nitrogen and oxygen atoms in total. The summed E-state index contributed by atoms with van der Waals surface area (Å²) in [6, 6.07) is 9.58. The first-order valence-corrected chi connectivity index (χ1v) is 6.91. The van der Waals surface area contributed by atoms with Crippen LogP contribution in [0.25, 0.3) is 11.1 Å². The van der Waals surface area contributed by atoms with Gasteiger partial charge in [-0.15, -0.1) is 0 Å². The zero-order valence-corrected chi connectivity index (χ0v) is 12.4. The zero-order chi connectivity index (χ0) is 15.9. The molecule has 0 saturated heterocycles. The quantitative estimate of drug-likeness (QED) is 0.877. The Labute approximate surface area is 131 Å². The molecular formula is C16H11ClFN3O. The van der Waals surface area contributed by atoms with Gasteiger partial charge in [0.1, 0.15) is 5.82 Å². The van der Waals surface area contributed by atoms with Gasteiger partial charge in [0, 0.05) is 17.6 Å². The van der Waals surface area contributed by atoms with Crippen molar-refractivity contribution in [3.63, 3.8) is 0 Å². The van der Waals surface area contributed by atoms with Crippen LogP contribution in [0.15, 0.2) is 30.3 Å². The van der Waals surface area contributed by atoms with Crippen molar-refractivity contribution in [3.05, 3.63) is 46.7 Å². The van der Waals surface area contributed by atoms with E-state index in [9.17, 15) is 9.18 Å². The summed E-state index contributed by atoms with van der Waals surface area (Å²) in [5.41, 5.74) is 2.28.